The molecule has 28 heavy (non-hydrogen) atoms. The fourth-order valence-electron chi connectivity index (χ4n) is 2.71. The normalized spacial score (nSPS) is 10.4. The summed E-state index contributed by atoms with van der Waals surface area (Å²) in [5.41, 5.74) is 2.47. The summed E-state index contributed by atoms with van der Waals surface area (Å²) in [6.45, 7) is 2.84. The first-order valence-corrected chi connectivity index (χ1v) is 9.03. The van der Waals surface area contributed by atoms with Crippen LogP contribution in [0.25, 0.3) is 0 Å². The van der Waals surface area contributed by atoms with Gasteiger partial charge in [-0.05, 0) is 42.7 Å². The van der Waals surface area contributed by atoms with Crippen molar-refractivity contribution < 1.29 is 9.53 Å². The van der Waals surface area contributed by atoms with Gasteiger partial charge in [-0.1, -0.05) is 18.2 Å². The fourth-order valence-corrected chi connectivity index (χ4v) is 2.71. The Morgan fingerprint density at radius 1 is 1.11 bits per heavy atom. The molecule has 7 heteroatoms. The number of benzene rings is 1. The lowest BCUT2D eigenvalue weighted by Crippen LogP contribution is -2.27. The molecule has 0 aliphatic rings. The molecular formula is C21H23N5O2. The van der Waals surface area contributed by atoms with E-state index in [-0.39, 0.29) is 5.91 Å². The number of ether oxygens (including phenoxy) is 1. The molecule has 0 saturated carbocycles. The van der Waals surface area contributed by atoms with Gasteiger partial charge in [-0.15, -0.1) is 0 Å². The van der Waals surface area contributed by atoms with E-state index >= 15 is 0 Å². The van der Waals surface area contributed by atoms with Gasteiger partial charge in [-0.3, -0.25) is 9.78 Å². The molecule has 0 radical (unpaired) electrons. The molecular weight excluding hydrogens is 354 g/mol. The fraction of sp³-hybridized carbons (Fsp3) is 0.238. The number of carbonyl (C=O) groups is 1. The van der Waals surface area contributed by atoms with Crippen molar-refractivity contribution in [1.29, 1.82) is 0 Å². The van der Waals surface area contributed by atoms with Crippen molar-refractivity contribution in [2.75, 3.05) is 19.0 Å². The van der Waals surface area contributed by atoms with Gasteiger partial charge in [0.15, 0.2) is 0 Å². The first-order chi connectivity index (χ1) is 13.6. The summed E-state index contributed by atoms with van der Waals surface area (Å²) < 4.78 is 5.22. The van der Waals surface area contributed by atoms with Gasteiger partial charge in [0.2, 0.25) is 0 Å². The van der Waals surface area contributed by atoms with Crippen molar-refractivity contribution >= 4 is 11.7 Å². The van der Waals surface area contributed by atoms with Crippen LogP contribution in [0.5, 0.6) is 5.75 Å². The molecule has 0 atom stereocenters. The molecule has 0 bridgehead atoms. The number of carbonyl (C=O) groups excluding carboxylic acids is 1. The predicted molar refractivity (Wildman–Crippen MR) is 107 cm³/mol. The van der Waals surface area contributed by atoms with Crippen LogP contribution in [0.15, 0.2) is 54.9 Å². The zero-order valence-corrected chi connectivity index (χ0v) is 16.0. The van der Waals surface area contributed by atoms with Crippen LogP contribution in [0.4, 0.5) is 5.82 Å². The monoisotopic (exact) mass is 377 g/mol. The van der Waals surface area contributed by atoms with Crippen molar-refractivity contribution in [2.45, 2.75) is 19.9 Å². The van der Waals surface area contributed by atoms with Crippen molar-refractivity contribution in [3.8, 4) is 5.75 Å². The van der Waals surface area contributed by atoms with E-state index in [9.17, 15) is 4.79 Å². The molecule has 2 aromatic heterocycles. The summed E-state index contributed by atoms with van der Waals surface area (Å²) in [6.07, 6.45) is 4.22. The third-order valence-electron chi connectivity index (χ3n) is 4.10. The van der Waals surface area contributed by atoms with Gasteiger partial charge < -0.3 is 15.4 Å². The molecule has 2 N–H and O–H groups in total. The van der Waals surface area contributed by atoms with E-state index in [0.29, 0.717) is 36.8 Å². The number of rotatable bonds is 8. The average molecular weight is 377 g/mol. The number of anilines is 1. The highest BCUT2D eigenvalue weighted by molar-refractivity contribution is 5.92. The Bertz CT molecular complexity index is 931. The van der Waals surface area contributed by atoms with E-state index in [4.69, 9.17) is 4.74 Å². The molecule has 0 unspecified atom stereocenters. The van der Waals surface area contributed by atoms with E-state index in [1.807, 2.05) is 36.4 Å². The van der Waals surface area contributed by atoms with E-state index in [2.05, 4.69) is 25.6 Å². The standard InChI is InChI=1S/C21H23N5O2/c1-15-25-19(12-20(26-15)24-14-17-6-4-9-22-13-17)21(27)23-10-8-16-5-3-7-18(11-16)28-2/h3-7,9,11-13H,8,10,14H2,1-2H3,(H,23,27)(H,24,25,26). The molecule has 7 nitrogen and oxygen atoms in total. The Morgan fingerprint density at radius 2 is 1.96 bits per heavy atom. The van der Waals surface area contributed by atoms with Crippen molar-refractivity contribution in [3.63, 3.8) is 0 Å². The molecule has 3 aromatic rings. The molecule has 1 aromatic carbocycles. The van der Waals surface area contributed by atoms with Crippen molar-refractivity contribution in [1.82, 2.24) is 20.3 Å². The maximum Gasteiger partial charge on any atom is 0.270 e. The lowest BCUT2D eigenvalue weighted by Gasteiger charge is -2.09. The number of aromatic nitrogens is 3. The topological polar surface area (TPSA) is 89.0 Å². The highest BCUT2D eigenvalue weighted by atomic mass is 16.5. The second-order valence-corrected chi connectivity index (χ2v) is 6.26. The van der Waals surface area contributed by atoms with Crippen LogP contribution >= 0.6 is 0 Å². The Kier molecular flexibility index (Phi) is 6.51. The van der Waals surface area contributed by atoms with Crippen LogP contribution in [0.2, 0.25) is 0 Å². The van der Waals surface area contributed by atoms with Crippen LogP contribution in [0, 0.1) is 6.92 Å². The SMILES string of the molecule is COc1cccc(CCNC(=O)c2cc(NCc3cccnc3)nc(C)n2)c1. The Hall–Kier alpha value is -3.48. The molecule has 0 spiro atoms. The second kappa shape index (κ2) is 9.45. The largest absolute Gasteiger partial charge is 0.497 e. The third kappa shape index (κ3) is 5.51. The Morgan fingerprint density at radius 3 is 2.75 bits per heavy atom. The van der Waals surface area contributed by atoms with Crippen molar-refractivity contribution in [2.24, 2.45) is 0 Å². The van der Waals surface area contributed by atoms with E-state index < -0.39 is 0 Å². The number of aryl methyl sites for hydroxylation is 1. The van der Waals surface area contributed by atoms with Crippen LogP contribution < -0.4 is 15.4 Å². The highest BCUT2D eigenvalue weighted by Gasteiger charge is 2.10. The van der Waals surface area contributed by atoms with E-state index in [1.54, 1.807) is 32.5 Å². The summed E-state index contributed by atoms with van der Waals surface area (Å²) in [5.74, 6) is 1.72. The van der Waals surface area contributed by atoms with Gasteiger partial charge in [0.25, 0.3) is 5.91 Å². The maximum atomic E-state index is 12.5. The Labute approximate surface area is 164 Å². The molecule has 1 amide bonds. The number of hydrogen-bond donors (Lipinski definition) is 2. The van der Waals surface area contributed by atoms with Gasteiger partial charge in [0.05, 0.1) is 7.11 Å². The molecule has 2 heterocycles. The van der Waals surface area contributed by atoms with Crippen LogP contribution in [-0.4, -0.2) is 34.5 Å². The van der Waals surface area contributed by atoms with Crippen LogP contribution in [-0.2, 0) is 13.0 Å². The minimum Gasteiger partial charge on any atom is -0.497 e. The summed E-state index contributed by atoms with van der Waals surface area (Å²) in [4.78, 5) is 25.1. The number of hydrogen-bond acceptors (Lipinski definition) is 6. The first kappa shape index (κ1) is 19.3. The van der Waals surface area contributed by atoms with Crippen LogP contribution in [0.1, 0.15) is 27.4 Å². The highest BCUT2D eigenvalue weighted by Crippen LogP contribution is 2.13. The number of pyridine rings is 1. The number of amides is 1. The first-order valence-electron chi connectivity index (χ1n) is 9.03. The molecule has 144 valence electrons. The molecule has 0 aliphatic heterocycles. The van der Waals surface area contributed by atoms with Gasteiger partial charge in [-0.25, -0.2) is 9.97 Å². The summed E-state index contributed by atoms with van der Waals surface area (Å²) in [5, 5.41) is 6.11. The van der Waals surface area contributed by atoms with E-state index in [1.165, 1.54) is 0 Å². The summed E-state index contributed by atoms with van der Waals surface area (Å²) in [6, 6.07) is 13.3. The number of nitrogens with zero attached hydrogens (tertiary/aromatic N) is 3. The van der Waals surface area contributed by atoms with Gasteiger partial charge in [-0.2, -0.15) is 0 Å². The Balaban J connectivity index is 1.57. The third-order valence-corrected chi connectivity index (χ3v) is 4.10. The quantitative estimate of drug-likeness (QED) is 0.627. The minimum absolute atomic E-state index is 0.224. The van der Waals surface area contributed by atoms with Gasteiger partial charge in [0, 0.05) is 31.5 Å². The van der Waals surface area contributed by atoms with Gasteiger partial charge in [0.1, 0.15) is 23.1 Å². The summed E-state index contributed by atoms with van der Waals surface area (Å²) in [7, 11) is 1.64. The van der Waals surface area contributed by atoms with Crippen LogP contribution in [0.3, 0.4) is 0 Å². The zero-order chi connectivity index (χ0) is 19.8. The number of nitrogens with one attached hydrogen (secondary N) is 2. The van der Waals surface area contributed by atoms with E-state index in [0.717, 1.165) is 16.9 Å². The molecule has 3 rings (SSSR count). The number of methoxy groups -OCH3 is 1. The smallest absolute Gasteiger partial charge is 0.270 e. The predicted octanol–water partition coefficient (Wildman–Crippen LogP) is 2.77. The van der Waals surface area contributed by atoms with Gasteiger partial charge >= 0.3 is 0 Å². The minimum atomic E-state index is -0.224. The summed E-state index contributed by atoms with van der Waals surface area (Å²) >= 11 is 0. The maximum absolute atomic E-state index is 12.5. The van der Waals surface area contributed by atoms with Crippen molar-refractivity contribution in [3.05, 3.63) is 77.5 Å². The molecule has 0 aliphatic carbocycles. The second-order valence-electron chi connectivity index (χ2n) is 6.26. The lowest BCUT2D eigenvalue weighted by atomic mass is 10.1. The molecule has 0 fully saturated rings. The molecule has 0 saturated heterocycles. The lowest BCUT2D eigenvalue weighted by molar-refractivity contribution is 0.0949. The average Bonchev–Trinajstić information content (AvgIpc) is 2.72. The zero-order valence-electron chi connectivity index (χ0n) is 16.0.